The molecule has 0 radical (unpaired) electrons. The lowest BCUT2D eigenvalue weighted by atomic mass is 10.1. The summed E-state index contributed by atoms with van der Waals surface area (Å²) in [7, 11) is 1.67. The second kappa shape index (κ2) is 7.44. The molecule has 6 heteroatoms. The van der Waals surface area contributed by atoms with Crippen LogP contribution in [0.4, 0.5) is 0 Å². The smallest absolute Gasteiger partial charge is 0.278 e. The standard InChI is InChI=1S/C22H18N4O2/c1-26-20-18(8-5-13-23-20)25-19(22(26)28)16-9-11-17(12-10-16)21(27)24-14-15-6-3-2-4-7-15/h2-13H,14H2,1H3,(H,24,27). The van der Waals surface area contributed by atoms with Gasteiger partial charge in [-0.05, 0) is 29.8 Å². The van der Waals surface area contributed by atoms with Gasteiger partial charge in [0.1, 0.15) is 11.2 Å². The van der Waals surface area contributed by atoms with Gasteiger partial charge in [-0.2, -0.15) is 0 Å². The molecule has 0 saturated heterocycles. The second-order valence-electron chi connectivity index (χ2n) is 6.42. The first-order valence-corrected chi connectivity index (χ1v) is 8.88. The number of carbonyl (C=O) groups is 1. The van der Waals surface area contributed by atoms with E-state index >= 15 is 0 Å². The molecule has 0 saturated carbocycles. The summed E-state index contributed by atoms with van der Waals surface area (Å²) in [5, 5.41) is 2.89. The Kier molecular flexibility index (Phi) is 4.68. The Morgan fingerprint density at radius 1 is 1.00 bits per heavy atom. The molecular formula is C22H18N4O2. The van der Waals surface area contributed by atoms with Crippen molar-refractivity contribution in [1.29, 1.82) is 0 Å². The van der Waals surface area contributed by atoms with Gasteiger partial charge in [-0.1, -0.05) is 42.5 Å². The number of pyridine rings is 1. The Hall–Kier alpha value is -3.80. The molecular weight excluding hydrogens is 352 g/mol. The maximum absolute atomic E-state index is 12.6. The highest BCUT2D eigenvalue weighted by Gasteiger charge is 2.12. The molecule has 0 bridgehead atoms. The summed E-state index contributed by atoms with van der Waals surface area (Å²) in [5.74, 6) is -0.168. The third-order valence-corrected chi connectivity index (χ3v) is 4.54. The van der Waals surface area contributed by atoms with Gasteiger partial charge >= 0.3 is 0 Å². The van der Waals surface area contributed by atoms with Gasteiger partial charge in [0.05, 0.1) is 0 Å². The van der Waals surface area contributed by atoms with Gasteiger partial charge in [0.25, 0.3) is 11.5 Å². The number of nitrogens with zero attached hydrogens (tertiary/aromatic N) is 3. The molecule has 4 rings (SSSR count). The Labute approximate surface area is 161 Å². The van der Waals surface area contributed by atoms with Crippen molar-refractivity contribution in [2.45, 2.75) is 6.54 Å². The van der Waals surface area contributed by atoms with Crippen LogP contribution in [0, 0.1) is 0 Å². The summed E-state index contributed by atoms with van der Waals surface area (Å²) in [6.45, 7) is 0.460. The molecule has 0 atom stereocenters. The summed E-state index contributed by atoms with van der Waals surface area (Å²) in [5.41, 5.74) is 3.50. The first-order valence-electron chi connectivity index (χ1n) is 8.88. The van der Waals surface area contributed by atoms with E-state index in [0.29, 0.717) is 34.5 Å². The summed E-state index contributed by atoms with van der Waals surface area (Å²) < 4.78 is 1.48. The number of fused-ring (bicyclic) bond motifs is 1. The Bertz CT molecular complexity index is 1200. The fourth-order valence-corrected chi connectivity index (χ4v) is 3.01. The zero-order chi connectivity index (χ0) is 19.5. The fraction of sp³-hybridized carbons (Fsp3) is 0.0909. The third kappa shape index (κ3) is 3.40. The lowest BCUT2D eigenvalue weighted by Gasteiger charge is -2.08. The largest absolute Gasteiger partial charge is 0.348 e. The quantitative estimate of drug-likeness (QED) is 0.599. The average Bonchev–Trinajstić information content (AvgIpc) is 2.75. The number of rotatable bonds is 4. The summed E-state index contributed by atoms with van der Waals surface area (Å²) in [4.78, 5) is 33.7. The zero-order valence-corrected chi connectivity index (χ0v) is 15.3. The number of aryl methyl sites for hydroxylation is 1. The van der Waals surface area contributed by atoms with E-state index in [0.717, 1.165) is 5.56 Å². The number of aromatic nitrogens is 3. The minimum absolute atomic E-state index is 0.168. The Morgan fingerprint density at radius 3 is 2.50 bits per heavy atom. The molecule has 2 aromatic heterocycles. The highest BCUT2D eigenvalue weighted by atomic mass is 16.1. The molecule has 0 aliphatic carbocycles. The normalized spacial score (nSPS) is 10.8. The van der Waals surface area contributed by atoms with Crippen molar-refractivity contribution in [3.05, 3.63) is 94.4 Å². The van der Waals surface area contributed by atoms with Crippen LogP contribution in [0.15, 0.2) is 77.7 Å². The molecule has 2 heterocycles. The van der Waals surface area contributed by atoms with Crippen LogP contribution >= 0.6 is 0 Å². The van der Waals surface area contributed by atoms with E-state index in [-0.39, 0.29) is 11.5 Å². The highest BCUT2D eigenvalue weighted by molar-refractivity contribution is 5.94. The lowest BCUT2D eigenvalue weighted by Crippen LogP contribution is -2.23. The predicted octanol–water partition coefficient (Wildman–Crippen LogP) is 2.93. The van der Waals surface area contributed by atoms with E-state index in [1.54, 1.807) is 43.6 Å². The van der Waals surface area contributed by atoms with E-state index in [9.17, 15) is 9.59 Å². The second-order valence-corrected chi connectivity index (χ2v) is 6.42. The Balaban J connectivity index is 1.58. The number of nitrogens with one attached hydrogen (secondary N) is 1. The van der Waals surface area contributed by atoms with E-state index in [1.807, 2.05) is 36.4 Å². The van der Waals surface area contributed by atoms with E-state index in [4.69, 9.17) is 0 Å². The topological polar surface area (TPSA) is 76.9 Å². The number of carbonyl (C=O) groups excluding carboxylic acids is 1. The first kappa shape index (κ1) is 17.6. The van der Waals surface area contributed by atoms with Gasteiger partial charge in [0.2, 0.25) is 0 Å². The van der Waals surface area contributed by atoms with Crippen LogP contribution in [0.3, 0.4) is 0 Å². The lowest BCUT2D eigenvalue weighted by molar-refractivity contribution is 0.0951. The molecule has 0 unspecified atom stereocenters. The van der Waals surface area contributed by atoms with Gasteiger partial charge in [0.15, 0.2) is 5.65 Å². The van der Waals surface area contributed by atoms with Gasteiger partial charge in [0, 0.05) is 30.9 Å². The summed E-state index contributed by atoms with van der Waals surface area (Å²) >= 11 is 0. The number of amides is 1. The molecule has 0 aliphatic heterocycles. The van der Waals surface area contributed by atoms with Crippen molar-refractivity contribution in [2.24, 2.45) is 7.05 Å². The molecule has 0 aliphatic rings. The zero-order valence-electron chi connectivity index (χ0n) is 15.3. The summed E-state index contributed by atoms with van der Waals surface area (Å²) in [6.07, 6.45) is 1.63. The minimum atomic E-state index is -0.229. The molecule has 0 spiro atoms. The number of benzene rings is 2. The molecule has 6 nitrogen and oxygen atoms in total. The number of hydrogen-bond donors (Lipinski definition) is 1. The monoisotopic (exact) mass is 370 g/mol. The van der Waals surface area contributed by atoms with E-state index < -0.39 is 0 Å². The van der Waals surface area contributed by atoms with Gasteiger partial charge in [-0.3, -0.25) is 14.2 Å². The van der Waals surface area contributed by atoms with Crippen molar-refractivity contribution < 1.29 is 4.79 Å². The maximum atomic E-state index is 12.6. The van der Waals surface area contributed by atoms with Crippen LogP contribution in [0.2, 0.25) is 0 Å². The molecule has 2 aromatic carbocycles. The minimum Gasteiger partial charge on any atom is -0.348 e. The van der Waals surface area contributed by atoms with Crippen LogP contribution in [0.25, 0.3) is 22.4 Å². The predicted molar refractivity (Wildman–Crippen MR) is 108 cm³/mol. The van der Waals surface area contributed by atoms with Crippen LogP contribution < -0.4 is 10.9 Å². The maximum Gasteiger partial charge on any atom is 0.278 e. The van der Waals surface area contributed by atoms with Gasteiger partial charge in [-0.15, -0.1) is 0 Å². The van der Waals surface area contributed by atoms with Gasteiger partial charge < -0.3 is 5.32 Å². The number of hydrogen-bond acceptors (Lipinski definition) is 4. The van der Waals surface area contributed by atoms with Crippen LogP contribution in [0.1, 0.15) is 15.9 Å². The molecule has 138 valence electrons. The van der Waals surface area contributed by atoms with Crippen molar-refractivity contribution in [1.82, 2.24) is 19.9 Å². The highest BCUT2D eigenvalue weighted by Crippen LogP contribution is 2.17. The van der Waals surface area contributed by atoms with Crippen molar-refractivity contribution in [2.75, 3.05) is 0 Å². The van der Waals surface area contributed by atoms with Crippen molar-refractivity contribution in [3.8, 4) is 11.3 Å². The first-order chi connectivity index (χ1) is 13.6. The SMILES string of the molecule is Cn1c(=O)c(-c2ccc(C(=O)NCc3ccccc3)cc2)nc2cccnc21. The molecule has 4 aromatic rings. The molecule has 1 amide bonds. The van der Waals surface area contributed by atoms with Crippen LogP contribution in [0.5, 0.6) is 0 Å². The molecule has 1 N–H and O–H groups in total. The van der Waals surface area contributed by atoms with Crippen molar-refractivity contribution >= 4 is 17.1 Å². The van der Waals surface area contributed by atoms with Crippen molar-refractivity contribution in [3.63, 3.8) is 0 Å². The fourth-order valence-electron chi connectivity index (χ4n) is 3.01. The molecule has 0 fully saturated rings. The average molecular weight is 370 g/mol. The van der Waals surface area contributed by atoms with Crippen LogP contribution in [-0.4, -0.2) is 20.4 Å². The van der Waals surface area contributed by atoms with Crippen LogP contribution in [-0.2, 0) is 13.6 Å². The van der Waals surface area contributed by atoms with Gasteiger partial charge in [-0.25, -0.2) is 9.97 Å². The third-order valence-electron chi connectivity index (χ3n) is 4.54. The Morgan fingerprint density at radius 2 is 1.75 bits per heavy atom. The summed E-state index contributed by atoms with van der Waals surface area (Å²) in [6, 6.07) is 20.2. The van der Waals surface area contributed by atoms with E-state index in [1.165, 1.54) is 4.57 Å². The molecule has 28 heavy (non-hydrogen) atoms. The van der Waals surface area contributed by atoms with E-state index in [2.05, 4.69) is 15.3 Å².